The van der Waals surface area contributed by atoms with Gasteiger partial charge in [0.1, 0.15) is 10.3 Å². The van der Waals surface area contributed by atoms with Gasteiger partial charge >= 0.3 is 17.9 Å². The minimum Gasteiger partial charge on any atom is -0.478 e. The molecule has 5 aromatic rings. The number of ether oxygens (including phenoxy) is 1. The Bertz CT molecular complexity index is 2170. The first-order valence-corrected chi connectivity index (χ1v) is 17.4. The molecule has 0 saturated carbocycles. The van der Waals surface area contributed by atoms with Crippen molar-refractivity contribution in [1.29, 1.82) is 0 Å². The molecule has 5 N–H and O–H groups in total. The lowest BCUT2D eigenvalue weighted by molar-refractivity contribution is -0.115. The van der Waals surface area contributed by atoms with Gasteiger partial charge in [0, 0.05) is 16.3 Å². The number of thioether (sulfide) groups is 1. The second kappa shape index (κ2) is 16.6. The smallest absolute Gasteiger partial charge is 0.341 e. The lowest BCUT2D eigenvalue weighted by atomic mass is 10.0. The summed E-state index contributed by atoms with van der Waals surface area (Å²) in [6.45, 7) is 3.34. The highest BCUT2D eigenvalue weighted by molar-refractivity contribution is 8.00. The number of anilines is 3. The van der Waals surface area contributed by atoms with Crippen LogP contribution in [0.2, 0.25) is 0 Å². The van der Waals surface area contributed by atoms with Gasteiger partial charge in [-0.2, -0.15) is 0 Å². The Morgan fingerprint density at radius 1 is 0.731 bits per heavy atom. The molecule has 0 aliphatic heterocycles. The number of para-hydroxylation sites is 1. The summed E-state index contributed by atoms with van der Waals surface area (Å²) in [5.74, 6) is -5.23. The monoisotopic (exact) mass is 737 g/mol. The van der Waals surface area contributed by atoms with Gasteiger partial charge in [-0.1, -0.05) is 54.6 Å². The van der Waals surface area contributed by atoms with Crippen molar-refractivity contribution in [2.45, 2.75) is 24.0 Å². The lowest BCUT2D eigenvalue weighted by Gasteiger charge is -2.18. The number of amides is 3. The van der Waals surface area contributed by atoms with Gasteiger partial charge in [-0.3, -0.25) is 14.4 Å². The number of rotatable bonds is 13. The van der Waals surface area contributed by atoms with Crippen LogP contribution in [0.4, 0.5) is 16.4 Å². The normalized spacial score (nSPS) is 11.2. The summed E-state index contributed by atoms with van der Waals surface area (Å²) < 4.78 is 5.28. The van der Waals surface area contributed by atoms with Gasteiger partial charge < -0.3 is 30.9 Å². The van der Waals surface area contributed by atoms with E-state index in [0.29, 0.717) is 21.7 Å². The van der Waals surface area contributed by atoms with E-state index in [1.165, 1.54) is 0 Å². The zero-order chi connectivity index (χ0) is 37.4. The fourth-order valence-electron chi connectivity index (χ4n) is 5.09. The van der Waals surface area contributed by atoms with E-state index in [1.807, 2.05) is 6.07 Å². The maximum absolute atomic E-state index is 14.1. The SMILES string of the molecule is CCOC(=O)c1c(NC(=O)C(Sc2cccc(NC(=O)c3ccc(C(=O)O)cc3C(=O)O)c2)c2ccccc2)sc(C(=O)Nc2ccccc2)c1C. The third-order valence-corrected chi connectivity index (χ3v) is 9.98. The topological polar surface area (TPSA) is 188 Å². The van der Waals surface area contributed by atoms with Crippen molar-refractivity contribution in [3.05, 3.63) is 141 Å². The lowest BCUT2D eigenvalue weighted by Crippen LogP contribution is -2.20. The molecule has 4 aromatic carbocycles. The minimum absolute atomic E-state index is 0.0667. The molecule has 0 aliphatic rings. The van der Waals surface area contributed by atoms with Crippen molar-refractivity contribution >= 4 is 75.1 Å². The average molecular weight is 738 g/mol. The van der Waals surface area contributed by atoms with E-state index >= 15 is 0 Å². The van der Waals surface area contributed by atoms with Crippen molar-refractivity contribution in [2.24, 2.45) is 0 Å². The Hall–Kier alpha value is -6.25. The van der Waals surface area contributed by atoms with Crippen molar-refractivity contribution in [3.8, 4) is 0 Å². The molecular formula is C38H31N3O9S2. The minimum atomic E-state index is -1.47. The third-order valence-electron chi connectivity index (χ3n) is 7.53. The van der Waals surface area contributed by atoms with Gasteiger partial charge in [0.15, 0.2) is 0 Å². The fraction of sp³-hybridized carbons (Fsp3) is 0.105. The summed E-state index contributed by atoms with van der Waals surface area (Å²) in [7, 11) is 0. The van der Waals surface area contributed by atoms with Crippen molar-refractivity contribution in [3.63, 3.8) is 0 Å². The predicted molar refractivity (Wildman–Crippen MR) is 198 cm³/mol. The number of carboxylic acids is 2. The number of aromatic carboxylic acids is 2. The van der Waals surface area contributed by atoms with Crippen LogP contribution >= 0.6 is 23.1 Å². The molecule has 0 bridgehead atoms. The number of nitrogens with one attached hydrogen (secondary N) is 3. The zero-order valence-corrected chi connectivity index (χ0v) is 29.3. The molecule has 1 atom stereocenters. The predicted octanol–water partition coefficient (Wildman–Crippen LogP) is 7.61. The molecule has 1 heterocycles. The first-order chi connectivity index (χ1) is 25.0. The Kier molecular flexibility index (Phi) is 11.8. The van der Waals surface area contributed by atoms with Gasteiger partial charge in [-0.15, -0.1) is 23.1 Å². The molecule has 0 radical (unpaired) electrons. The summed E-state index contributed by atoms with van der Waals surface area (Å²) in [5.41, 5.74) is 0.885. The summed E-state index contributed by atoms with van der Waals surface area (Å²) in [5, 5.41) is 26.4. The number of carbonyl (C=O) groups excluding carboxylic acids is 4. The molecular weight excluding hydrogens is 707 g/mol. The van der Waals surface area contributed by atoms with Crippen LogP contribution in [-0.4, -0.2) is 52.4 Å². The van der Waals surface area contributed by atoms with E-state index < -0.39 is 46.4 Å². The highest BCUT2D eigenvalue weighted by Crippen LogP contribution is 2.40. The first-order valence-electron chi connectivity index (χ1n) is 15.7. The molecule has 1 aromatic heterocycles. The van der Waals surface area contributed by atoms with E-state index in [2.05, 4.69) is 16.0 Å². The second-order valence-electron chi connectivity index (χ2n) is 11.1. The number of carbonyl (C=O) groups is 6. The highest BCUT2D eigenvalue weighted by atomic mass is 32.2. The van der Waals surface area contributed by atoms with Gasteiger partial charge in [-0.05, 0) is 73.5 Å². The Morgan fingerprint density at radius 3 is 2.04 bits per heavy atom. The van der Waals surface area contributed by atoms with Crippen molar-refractivity contribution in [1.82, 2.24) is 0 Å². The van der Waals surface area contributed by atoms with E-state index in [4.69, 9.17) is 4.74 Å². The van der Waals surface area contributed by atoms with Gasteiger partial charge in [0.05, 0.1) is 33.7 Å². The second-order valence-corrected chi connectivity index (χ2v) is 13.3. The van der Waals surface area contributed by atoms with Gasteiger partial charge in [-0.25, -0.2) is 14.4 Å². The van der Waals surface area contributed by atoms with Gasteiger partial charge in [0.25, 0.3) is 11.8 Å². The maximum atomic E-state index is 14.1. The van der Waals surface area contributed by atoms with Gasteiger partial charge in [0.2, 0.25) is 5.91 Å². The number of thiophene rings is 1. The third kappa shape index (κ3) is 8.72. The highest BCUT2D eigenvalue weighted by Gasteiger charge is 2.30. The van der Waals surface area contributed by atoms with E-state index in [9.17, 15) is 39.0 Å². The summed E-state index contributed by atoms with van der Waals surface area (Å²) in [6.07, 6.45) is 0. The standard InChI is InChI=1S/C38H31N3O9S2/c1-3-50-38(49)29-21(2)30(33(43)39-24-13-8-5-9-14-24)52-35(29)41-34(44)31(22-11-6-4-7-12-22)51-26-16-10-15-25(20-26)40-32(42)27-18-17-23(36(45)46)19-28(27)37(47)48/h4-20,31H,3H2,1-2H3,(H,39,43)(H,40,42)(H,41,44)(H,45,46)(H,47,48). The molecule has 0 fully saturated rings. The summed E-state index contributed by atoms with van der Waals surface area (Å²) in [6, 6.07) is 27.4. The number of benzene rings is 4. The van der Waals surface area contributed by atoms with Crippen LogP contribution in [0.25, 0.3) is 0 Å². The summed E-state index contributed by atoms with van der Waals surface area (Å²) in [4.78, 5) is 77.6. The van der Waals surface area contributed by atoms with Crippen LogP contribution in [0.15, 0.2) is 108 Å². The van der Waals surface area contributed by atoms with Crippen molar-refractivity contribution in [2.75, 3.05) is 22.6 Å². The van der Waals surface area contributed by atoms with E-state index in [0.717, 1.165) is 41.3 Å². The molecule has 12 nitrogen and oxygen atoms in total. The number of hydrogen-bond acceptors (Lipinski definition) is 9. The van der Waals surface area contributed by atoms with Crippen molar-refractivity contribution < 1.29 is 43.7 Å². The maximum Gasteiger partial charge on any atom is 0.341 e. The van der Waals surface area contributed by atoms with Crippen LogP contribution in [0.5, 0.6) is 0 Å². The number of carboxylic acid groups (broad SMARTS) is 2. The fourth-order valence-corrected chi connectivity index (χ4v) is 7.27. The Morgan fingerprint density at radius 2 is 1.38 bits per heavy atom. The van der Waals surface area contributed by atoms with Crippen LogP contribution in [0, 0.1) is 6.92 Å². The molecule has 5 rings (SSSR count). The number of esters is 1. The molecule has 0 spiro atoms. The average Bonchev–Trinajstić information content (AvgIpc) is 3.46. The van der Waals surface area contributed by atoms with E-state index in [1.54, 1.807) is 92.7 Å². The van der Waals surface area contributed by atoms with Crippen LogP contribution in [-0.2, 0) is 9.53 Å². The number of hydrogen-bond donors (Lipinski definition) is 5. The Labute approximate surface area is 305 Å². The quantitative estimate of drug-likeness (QED) is 0.0594. The molecule has 264 valence electrons. The summed E-state index contributed by atoms with van der Waals surface area (Å²) >= 11 is 2.10. The molecule has 1 unspecified atom stereocenters. The molecule has 14 heteroatoms. The molecule has 0 saturated heterocycles. The largest absolute Gasteiger partial charge is 0.478 e. The Balaban J connectivity index is 1.42. The van der Waals surface area contributed by atoms with Crippen LogP contribution in [0.3, 0.4) is 0 Å². The van der Waals surface area contributed by atoms with E-state index in [-0.39, 0.29) is 38.9 Å². The molecule has 52 heavy (non-hydrogen) atoms. The molecule has 0 aliphatic carbocycles. The molecule has 3 amide bonds. The zero-order valence-electron chi connectivity index (χ0n) is 27.7. The van der Waals surface area contributed by atoms with Crippen LogP contribution < -0.4 is 16.0 Å². The van der Waals surface area contributed by atoms with Crippen LogP contribution in [0.1, 0.15) is 74.4 Å². The first kappa shape index (κ1) is 37.0.